The zero-order valence-corrected chi connectivity index (χ0v) is 8.72. The molecule has 0 radical (unpaired) electrons. The van der Waals surface area contributed by atoms with Crippen LogP contribution in [0.4, 0.5) is 5.69 Å². The first-order valence-electron chi connectivity index (χ1n) is 4.27. The predicted molar refractivity (Wildman–Crippen MR) is 54.6 cm³/mol. The number of esters is 2. The van der Waals surface area contributed by atoms with Crippen molar-refractivity contribution in [1.29, 1.82) is 0 Å². The molecule has 16 heavy (non-hydrogen) atoms. The van der Waals surface area contributed by atoms with Crippen LogP contribution in [0.25, 0.3) is 0 Å². The molecule has 0 bridgehead atoms. The van der Waals surface area contributed by atoms with Gasteiger partial charge in [-0.25, -0.2) is 9.59 Å². The van der Waals surface area contributed by atoms with Gasteiger partial charge >= 0.3 is 11.9 Å². The molecular formula is C10H9NO5. The number of hydrogen-bond donors (Lipinski definition) is 0. The van der Waals surface area contributed by atoms with Crippen LogP contribution in [0.3, 0.4) is 0 Å². The van der Waals surface area contributed by atoms with Crippen LogP contribution in [0.2, 0.25) is 0 Å². The van der Waals surface area contributed by atoms with E-state index < -0.39 is 11.9 Å². The van der Waals surface area contributed by atoms with E-state index in [9.17, 15) is 14.5 Å². The van der Waals surface area contributed by atoms with E-state index in [1.165, 1.54) is 32.4 Å². The number of rotatable bonds is 3. The average molecular weight is 223 g/mol. The van der Waals surface area contributed by atoms with Crippen LogP contribution in [0.15, 0.2) is 23.4 Å². The summed E-state index contributed by atoms with van der Waals surface area (Å²) in [5, 5.41) is 2.66. The number of hydrogen-bond acceptors (Lipinski definition) is 6. The molecule has 0 spiro atoms. The molecule has 0 aromatic heterocycles. The fourth-order valence-corrected chi connectivity index (χ4v) is 1.14. The van der Waals surface area contributed by atoms with E-state index in [4.69, 9.17) is 0 Å². The number of nitroso groups, excluding NO2 is 1. The van der Waals surface area contributed by atoms with Crippen LogP contribution in [0.5, 0.6) is 0 Å². The van der Waals surface area contributed by atoms with Crippen LogP contribution < -0.4 is 0 Å². The molecule has 0 fully saturated rings. The molecule has 6 nitrogen and oxygen atoms in total. The first kappa shape index (κ1) is 11.8. The zero-order chi connectivity index (χ0) is 12.1. The Labute approximate surface area is 91.1 Å². The summed E-state index contributed by atoms with van der Waals surface area (Å²) in [5.41, 5.74) is 0.100. The van der Waals surface area contributed by atoms with Crippen molar-refractivity contribution in [1.82, 2.24) is 0 Å². The Morgan fingerprint density at radius 2 is 1.44 bits per heavy atom. The van der Waals surface area contributed by atoms with Gasteiger partial charge in [-0.05, 0) is 23.4 Å². The fourth-order valence-electron chi connectivity index (χ4n) is 1.14. The molecule has 0 unspecified atom stereocenters. The third-order valence-corrected chi connectivity index (χ3v) is 1.87. The Morgan fingerprint density at radius 3 is 1.75 bits per heavy atom. The number of benzene rings is 1. The molecule has 1 aromatic carbocycles. The third-order valence-electron chi connectivity index (χ3n) is 1.87. The molecule has 0 atom stereocenters. The highest BCUT2D eigenvalue weighted by Gasteiger charge is 2.13. The van der Waals surface area contributed by atoms with Crippen LogP contribution in [-0.4, -0.2) is 26.2 Å². The molecular weight excluding hydrogens is 214 g/mol. The van der Waals surface area contributed by atoms with E-state index in [0.29, 0.717) is 0 Å². The largest absolute Gasteiger partial charge is 0.465 e. The van der Waals surface area contributed by atoms with Gasteiger partial charge in [0.05, 0.1) is 25.3 Å². The van der Waals surface area contributed by atoms with Crippen LogP contribution >= 0.6 is 0 Å². The molecule has 0 aliphatic rings. The minimum absolute atomic E-state index is 0.0386. The van der Waals surface area contributed by atoms with Crippen LogP contribution in [0.1, 0.15) is 20.7 Å². The maximum atomic E-state index is 11.2. The highest BCUT2D eigenvalue weighted by molar-refractivity contribution is 5.96. The molecule has 0 aliphatic heterocycles. The van der Waals surface area contributed by atoms with Gasteiger partial charge in [0.15, 0.2) is 0 Å². The van der Waals surface area contributed by atoms with E-state index in [-0.39, 0.29) is 16.8 Å². The lowest BCUT2D eigenvalue weighted by Gasteiger charge is -2.03. The second-order valence-electron chi connectivity index (χ2n) is 2.84. The number of methoxy groups -OCH3 is 2. The topological polar surface area (TPSA) is 82.0 Å². The molecule has 0 saturated carbocycles. The monoisotopic (exact) mass is 223 g/mol. The predicted octanol–water partition coefficient (Wildman–Crippen LogP) is 1.66. The number of ether oxygens (including phenoxy) is 2. The van der Waals surface area contributed by atoms with Gasteiger partial charge in [-0.3, -0.25) is 0 Å². The first-order valence-corrected chi connectivity index (χ1v) is 4.27. The quantitative estimate of drug-likeness (QED) is 0.574. The number of nitrogens with zero attached hydrogens (tertiary/aromatic N) is 1. The van der Waals surface area contributed by atoms with Gasteiger partial charge < -0.3 is 9.47 Å². The van der Waals surface area contributed by atoms with Crippen LogP contribution in [-0.2, 0) is 9.47 Å². The van der Waals surface area contributed by atoms with E-state index in [0.717, 1.165) is 0 Å². The number of carbonyl (C=O) groups excluding carboxylic acids is 2. The smallest absolute Gasteiger partial charge is 0.337 e. The maximum Gasteiger partial charge on any atom is 0.337 e. The Kier molecular flexibility index (Phi) is 3.71. The van der Waals surface area contributed by atoms with Gasteiger partial charge in [-0.2, -0.15) is 0 Å². The molecule has 6 heteroatoms. The van der Waals surface area contributed by atoms with Gasteiger partial charge in [0.2, 0.25) is 0 Å². The molecule has 84 valence electrons. The Balaban J connectivity index is 3.26. The van der Waals surface area contributed by atoms with Crippen molar-refractivity contribution >= 4 is 17.6 Å². The third kappa shape index (κ3) is 2.41. The lowest BCUT2D eigenvalue weighted by Crippen LogP contribution is -2.06. The van der Waals surface area contributed by atoms with E-state index in [1.807, 2.05) is 0 Å². The summed E-state index contributed by atoms with van der Waals surface area (Å²) >= 11 is 0. The first-order chi connectivity index (χ1) is 7.62. The standard InChI is InChI=1S/C10H9NO5/c1-15-9(12)6-3-7(10(13)16-2)5-8(4-6)11-14/h3-5H,1-2H3. The SMILES string of the molecule is COC(=O)c1cc(N=O)cc(C(=O)OC)c1. The summed E-state index contributed by atoms with van der Waals surface area (Å²) in [5.74, 6) is -1.31. The molecule has 0 heterocycles. The number of carbonyl (C=O) groups is 2. The van der Waals surface area contributed by atoms with Gasteiger partial charge in [0, 0.05) is 0 Å². The van der Waals surface area contributed by atoms with Gasteiger partial charge in [-0.15, -0.1) is 4.91 Å². The van der Waals surface area contributed by atoms with Gasteiger partial charge in [-0.1, -0.05) is 0 Å². The molecule has 0 saturated heterocycles. The molecule has 0 N–H and O–H groups in total. The van der Waals surface area contributed by atoms with Crippen molar-refractivity contribution in [3.63, 3.8) is 0 Å². The lowest BCUT2D eigenvalue weighted by atomic mass is 10.1. The van der Waals surface area contributed by atoms with Crippen molar-refractivity contribution < 1.29 is 19.1 Å². The summed E-state index contributed by atoms with van der Waals surface area (Å²) in [6.07, 6.45) is 0. The Morgan fingerprint density at radius 1 is 1.00 bits per heavy atom. The Hall–Kier alpha value is -2.24. The van der Waals surface area contributed by atoms with E-state index in [1.54, 1.807) is 0 Å². The second kappa shape index (κ2) is 5.01. The molecule has 0 aliphatic carbocycles. The summed E-state index contributed by atoms with van der Waals surface area (Å²) in [4.78, 5) is 32.8. The zero-order valence-electron chi connectivity index (χ0n) is 8.72. The normalized spacial score (nSPS) is 9.38. The fraction of sp³-hybridized carbons (Fsp3) is 0.200. The van der Waals surface area contributed by atoms with E-state index >= 15 is 0 Å². The Bertz CT molecular complexity index is 407. The summed E-state index contributed by atoms with van der Waals surface area (Å²) < 4.78 is 8.94. The molecule has 1 rings (SSSR count). The molecule has 0 amide bonds. The van der Waals surface area contributed by atoms with Crippen molar-refractivity contribution in [2.24, 2.45) is 5.18 Å². The average Bonchev–Trinajstić information content (AvgIpc) is 2.35. The van der Waals surface area contributed by atoms with E-state index in [2.05, 4.69) is 14.7 Å². The van der Waals surface area contributed by atoms with Crippen molar-refractivity contribution in [2.75, 3.05) is 14.2 Å². The van der Waals surface area contributed by atoms with Crippen LogP contribution in [0, 0.1) is 4.91 Å². The van der Waals surface area contributed by atoms with Gasteiger partial charge in [0.25, 0.3) is 0 Å². The van der Waals surface area contributed by atoms with Crippen molar-refractivity contribution in [2.45, 2.75) is 0 Å². The molecule has 1 aromatic rings. The van der Waals surface area contributed by atoms with Crippen molar-refractivity contribution in [3.05, 3.63) is 34.2 Å². The minimum Gasteiger partial charge on any atom is -0.465 e. The second-order valence-corrected chi connectivity index (χ2v) is 2.84. The van der Waals surface area contributed by atoms with Crippen molar-refractivity contribution in [3.8, 4) is 0 Å². The highest BCUT2D eigenvalue weighted by atomic mass is 16.5. The summed E-state index contributed by atoms with van der Waals surface area (Å²) in [6.45, 7) is 0. The lowest BCUT2D eigenvalue weighted by molar-refractivity contribution is 0.0599. The maximum absolute atomic E-state index is 11.2. The summed E-state index contributed by atoms with van der Waals surface area (Å²) in [7, 11) is 2.39. The minimum atomic E-state index is -0.657. The summed E-state index contributed by atoms with van der Waals surface area (Å²) in [6, 6.07) is 3.73. The highest BCUT2D eigenvalue weighted by Crippen LogP contribution is 2.18. The van der Waals surface area contributed by atoms with Gasteiger partial charge in [0.1, 0.15) is 5.69 Å².